The Morgan fingerprint density at radius 3 is 2.80 bits per heavy atom. The van der Waals surface area contributed by atoms with Crippen LogP contribution < -0.4 is 0 Å². The maximum absolute atomic E-state index is 8.29. The number of hydrogen-bond acceptors (Lipinski definition) is 2. The number of halogens is 2. The van der Waals surface area contributed by atoms with E-state index in [0.717, 1.165) is 0 Å². The molecule has 5 heteroatoms. The van der Waals surface area contributed by atoms with Gasteiger partial charge in [0.05, 0.1) is 0 Å². The van der Waals surface area contributed by atoms with Crippen LogP contribution >= 0.6 is 27.5 Å². The summed E-state index contributed by atoms with van der Waals surface area (Å²) in [4.78, 5) is 6.67. The van der Waals surface area contributed by atoms with Crippen LogP contribution in [0.4, 0.5) is 5.69 Å². The summed E-state index contributed by atoms with van der Waals surface area (Å²) in [5, 5.41) is 8.47. The lowest BCUT2D eigenvalue weighted by atomic mass is 10.4. The number of rotatable bonds is 0. The minimum atomic E-state index is 0.178. The zero-order valence-corrected chi connectivity index (χ0v) is 7.09. The van der Waals surface area contributed by atoms with Crippen molar-refractivity contribution in [2.45, 2.75) is 0 Å². The lowest BCUT2D eigenvalue weighted by Crippen LogP contribution is -1.74. The summed E-state index contributed by atoms with van der Waals surface area (Å²) in [7, 11) is 0. The molecule has 1 aromatic heterocycles. The van der Waals surface area contributed by atoms with E-state index < -0.39 is 0 Å². The smallest absolute Gasteiger partial charge is 0.221 e. The highest BCUT2D eigenvalue weighted by molar-refractivity contribution is 9.10. The summed E-state index contributed by atoms with van der Waals surface area (Å²) in [6.45, 7) is 0. The van der Waals surface area contributed by atoms with Gasteiger partial charge >= 0.3 is 5.69 Å². The molecule has 0 aliphatic carbocycles. The molecule has 0 atom stereocenters. The van der Waals surface area contributed by atoms with Gasteiger partial charge in [0.25, 0.3) is 0 Å². The molecule has 0 bridgehead atoms. The third-order valence-electron chi connectivity index (χ3n) is 0.903. The Labute approximate surface area is 70.8 Å². The summed E-state index contributed by atoms with van der Waals surface area (Å²) in [5.74, 6) is 0. The maximum Gasteiger partial charge on any atom is 0.421 e. The van der Waals surface area contributed by atoms with Crippen LogP contribution in [0.15, 0.2) is 16.7 Å². The number of aromatic nitrogens is 1. The zero-order chi connectivity index (χ0) is 7.56. The molecule has 0 saturated heterocycles. The van der Waals surface area contributed by atoms with Gasteiger partial charge in [-0.1, -0.05) is 11.6 Å². The molecular formula is C5H2BrClN3+. The molecule has 0 N–H and O–H groups in total. The number of diazo groups is 1. The second-order valence-corrected chi connectivity index (χ2v) is 2.71. The molecule has 0 radical (unpaired) electrons. The van der Waals surface area contributed by atoms with Gasteiger partial charge in [-0.25, -0.2) is 4.98 Å². The van der Waals surface area contributed by atoms with E-state index in [-0.39, 0.29) is 10.8 Å². The monoisotopic (exact) mass is 218 g/mol. The van der Waals surface area contributed by atoms with Crippen molar-refractivity contribution >= 4 is 33.2 Å². The van der Waals surface area contributed by atoms with Crippen LogP contribution in [0.5, 0.6) is 0 Å². The van der Waals surface area contributed by atoms with E-state index in [4.69, 9.17) is 17.0 Å². The average molecular weight is 219 g/mol. The van der Waals surface area contributed by atoms with Gasteiger partial charge in [-0.15, -0.1) is 0 Å². The van der Waals surface area contributed by atoms with Gasteiger partial charge in [0.1, 0.15) is 4.60 Å². The van der Waals surface area contributed by atoms with Crippen molar-refractivity contribution in [3.8, 4) is 0 Å². The Balaban J connectivity index is 3.23. The van der Waals surface area contributed by atoms with Crippen LogP contribution in [0.2, 0.25) is 5.15 Å². The Morgan fingerprint density at radius 1 is 1.60 bits per heavy atom. The second-order valence-electron chi connectivity index (χ2n) is 1.54. The van der Waals surface area contributed by atoms with Crippen molar-refractivity contribution < 1.29 is 0 Å². The standard InChI is InChI=1S/C5H2BrClN3/c6-4-2-1-3(10-8)5(7)9-4/h1-2H/q+1. The van der Waals surface area contributed by atoms with Crippen LogP contribution in [0.25, 0.3) is 4.98 Å². The summed E-state index contributed by atoms with van der Waals surface area (Å²) in [5.41, 5.74) is 0.268. The first-order valence-electron chi connectivity index (χ1n) is 2.41. The first-order chi connectivity index (χ1) is 4.74. The van der Waals surface area contributed by atoms with Gasteiger partial charge in [0.2, 0.25) is 10.5 Å². The first kappa shape index (κ1) is 7.45. The van der Waals surface area contributed by atoms with Crippen molar-refractivity contribution in [2.24, 2.45) is 0 Å². The van der Waals surface area contributed by atoms with E-state index in [9.17, 15) is 0 Å². The third-order valence-corrected chi connectivity index (χ3v) is 1.62. The maximum atomic E-state index is 8.29. The molecule has 0 fully saturated rings. The van der Waals surface area contributed by atoms with Crippen molar-refractivity contribution in [2.75, 3.05) is 0 Å². The molecule has 1 rings (SSSR count). The molecule has 3 nitrogen and oxygen atoms in total. The van der Waals surface area contributed by atoms with Crippen molar-refractivity contribution in [1.29, 1.82) is 5.39 Å². The van der Waals surface area contributed by atoms with E-state index in [1.165, 1.54) is 0 Å². The Morgan fingerprint density at radius 2 is 2.30 bits per heavy atom. The van der Waals surface area contributed by atoms with Crippen molar-refractivity contribution in [1.82, 2.24) is 4.98 Å². The first-order valence-corrected chi connectivity index (χ1v) is 3.58. The highest BCUT2D eigenvalue weighted by Crippen LogP contribution is 2.23. The molecular weight excluding hydrogens is 217 g/mol. The van der Waals surface area contributed by atoms with Crippen LogP contribution in [-0.2, 0) is 0 Å². The van der Waals surface area contributed by atoms with Gasteiger partial charge < -0.3 is 0 Å². The fourth-order valence-corrected chi connectivity index (χ4v) is 1.08. The number of hydrogen-bond donors (Lipinski definition) is 0. The molecule has 0 unspecified atom stereocenters. The van der Waals surface area contributed by atoms with Crippen molar-refractivity contribution in [3.63, 3.8) is 0 Å². The molecule has 0 amide bonds. The van der Waals surface area contributed by atoms with E-state index in [0.29, 0.717) is 4.60 Å². The van der Waals surface area contributed by atoms with Gasteiger partial charge in [-0.3, -0.25) is 0 Å². The van der Waals surface area contributed by atoms with Crippen molar-refractivity contribution in [3.05, 3.63) is 26.9 Å². The lowest BCUT2D eigenvalue weighted by Gasteiger charge is -1.84. The predicted octanol–water partition coefficient (Wildman–Crippen LogP) is 2.98. The van der Waals surface area contributed by atoms with E-state index in [2.05, 4.69) is 25.9 Å². The molecule has 0 aromatic carbocycles. The molecule has 10 heavy (non-hydrogen) atoms. The summed E-state index contributed by atoms with van der Waals surface area (Å²) in [6.07, 6.45) is 0. The molecule has 1 heterocycles. The van der Waals surface area contributed by atoms with Gasteiger partial charge in [0, 0.05) is 6.07 Å². The van der Waals surface area contributed by atoms with Crippen LogP contribution in [-0.4, -0.2) is 4.98 Å². The largest absolute Gasteiger partial charge is 0.421 e. The van der Waals surface area contributed by atoms with Crippen LogP contribution in [0, 0.1) is 5.39 Å². The minimum absolute atomic E-state index is 0.178. The molecule has 1 aromatic rings. The Bertz CT molecular complexity index is 293. The lowest BCUT2D eigenvalue weighted by molar-refractivity contribution is 1.28. The van der Waals surface area contributed by atoms with Gasteiger partial charge in [-0.2, -0.15) is 0 Å². The Hall–Kier alpha value is -0.660. The van der Waals surface area contributed by atoms with E-state index in [1.807, 2.05) is 0 Å². The minimum Gasteiger partial charge on any atom is -0.221 e. The van der Waals surface area contributed by atoms with Crippen LogP contribution in [0.3, 0.4) is 0 Å². The molecule has 0 saturated carbocycles. The highest BCUT2D eigenvalue weighted by Gasteiger charge is 2.11. The molecule has 0 aliphatic rings. The Kier molecular flexibility index (Phi) is 2.20. The fraction of sp³-hybridized carbons (Fsp3) is 0. The predicted molar refractivity (Wildman–Crippen MR) is 41.7 cm³/mol. The zero-order valence-electron chi connectivity index (χ0n) is 4.75. The van der Waals surface area contributed by atoms with E-state index >= 15 is 0 Å². The molecule has 0 aliphatic heterocycles. The fourth-order valence-electron chi connectivity index (χ4n) is 0.479. The van der Waals surface area contributed by atoms with Gasteiger partial charge in [0.15, 0.2) is 4.98 Å². The quantitative estimate of drug-likeness (QED) is 0.497. The SMILES string of the molecule is N#[N+]c1ccc(Br)nc1Cl. The molecule has 0 spiro atoms. The van der Waals surface area contributed by atoms with Gasteiger partial charge in [-0.05, 0) is 22.0 Å². The second kappa shape index (κ2) is 2.95. The highest BCUT2D eigenvalue weighted by atomic mass is 79.9. The average Bonchev–Trinajstić information content (AvgIpc) is 1.88. The third kappa shape index (κ3) is 1.43. The number of pyridine rings is 1. The summed E-state index contributed by atoms with van der Waals surface area (Å²) in [6, 6.07) is 3.19. The normalized spacial score (nSPS) is 8.90. The topological polar surface area (TPSA) is 41.0 Å². The van der Waals surface area contributed by atoms with E-state index in [1.54, 1.807) is 12.1 Å². The molecule has 50 valence electrons. The summed E-state index contributed by atoms with van der Waals surface area (Å²) < 4.78 is 0.616. The summed E-state index contributed by atoms with van der Waals surface area (Å²) >= 11 is 8.64. The number of nitrogens with zero attached hydrogens (tertiary/aromatic N) is 3. The van der Waals surface area contributed by atoms with Crippen LogP contribution in [0.1, 0.15) is 0 Å².